The van der Waals surface area contributed by atoms with E-state index in [0.717, 1.165) is 12.8 Å². The van der Waals surface area contributed by atoms with E-state index in [1.165, 1.54) is 5.56 Å². The Bertz CT molecular complexity index is 533. The molecule has 1 rings (SSSR count). The van der Waals surface area contributed by atoms with Crippen LogP contribution in [0.5, 0.6) is 0 Å². The van der Waals surface area contributed by atoms with Crippen LogP contribution in [0.3, 0.4) is 0 Å². The molecule has 1 atom stereocenters. The topological polar surface area (TPSA) is 67.4 Å². The summed E-state index contributed by atoms with van der Waals surface area (Å²) in [6, 6.07) is 6.72. The van der Waals surface area contributed by atoms with Crippen molar-refractivity contribution in [2.24, 2.45) is 0 Å². The van der Waals surface area contributed by atoms with Gasteiger partial charge in [-0.1, -0.05) is 52.7 Å². The second kappa shape index (κ2) is 9.30. The molecule has 1 aromatic rings. The van der Waals surface area contributed by atoms with E-state index in [0.29, 0.717) is 18.7 Å². The van der Waals surface area contributed by atoms with Crippen LogP contribution < -0.4 is 10.6 Å². The number of carbonyl (C=O) groups is 2. The van der Waals surface area contributed by atoms with Crippen molar-refractivity contribution in [3.8, 4) is 0 Å². The number of benzene rings is 1. The van der Waals surface area contributed by atoms with Gasteiger partial charge in [0.05, 0.1) is 6.61 Å². The number of esters is 1. The number of anilines is 1. The Hall–Kier alpha value is -2.04. The zero-order chi connectivity index (χ0) is 18.2. The van der Waals surface area contributed by atoms with Crippen molar-refractivity contribution < 1.29 is 14.3 Å². The summed E-state index contributed by atoms with van der Waals surface area (Å²) in [5, 5.41) is 5.47. The van der Waals surface area contributed by atoms with Crippen molar-refractivity contribution in [3.05, 3.63) is 29.8 Å². The first-order valence-electron chi connectivity index (χ1n) is 8.62. The molecule has 5 heteroatoms. The average Bonchev–Trinajstić information content (AvgIpc) is 2.51. The molecule has 134 valence electrons. The summed E-state index contributed by atoms with van der Waals surface area (Å²) in [5.74, 6) is -0.385. The normalized spacial score (nSPS) is 12.4. The summed E-state index contributed by atoms with van der Waals surface area (Å²) in [7, 11) is 0. The van der Waals surface area contributed by atoms with Crippen LogP contribution in [0.1, 0.15) is 59.4 Å². The smallest absolute Gasteiger partial charge is 0.328 e. The van der Waals surface area contributed by atoms with Gasteiger partial charge in [-0.3, -0.25) is 0 Å². The monoisotopic (exact) mass is 334 g/mol. The molecule has 0 radical (unpaired) electrons. The lowest BCUT2D eigenvalue weighted by atomic mass is 9.87. The van der Waals surface area contributed by atoms with Crippen molar-refractivity contribution in [3.63, 3.8) is 0 Å². The van der Waals surface area contributed by atoms with E-state index in [1.54, 1.807) is 6.92 Å². The first-order chi connectivity index (χ1) is 11.3. The fraction of sp³-hybridized carbons (Fsp3) is 0.579. The van der Waals surface area contributed by atoms with Gasteiger partial charge in [-0.15, -0.1) is 0 Å². The first kappa shape index (κ1) is 20.0. The Morgan fingerprint density at radius 3 is 2.25 bits per heavy atom. The van der Waals surface area contributed by atoms with Crippen molar-refractivity contribution in [2.75, 3.05) is 11.9 Å². The number of unbranched alkanes of at least 4 members (excludes halogenated alkanes) is 1. The molecule has 0 fully saturated rings. The second-order valence-electron chi connectivity index (χ2n) is 6.87. The largest absolute Gasteiger partial charge is 0.464 e. The molecular formula is C19H30N2O3. The van der Waals surface area contributed by atoms with E-state index >= 15 is 0 Å². The van der Waals surface area contributed by atoms with Crippen molar-refractivity contribution in [1.82, 2.24) is 5.32 Å². The summed E-state index contributed by atoms with van der Waals surface area (Å²) in [5.41, 5.74) is 1.95. The molecule has 1 aromatic carbocycles. The number of urea groups is 1. The van der Waals surface area contributed by atoms with Crippen molar-refractivity contribution >= 4 is 17.7 Å². The van der Waals surface area contributed by atoms with Gasteiger partial charge < -0.3 is 15.4 Å². The maximum Gasteiger partial charge on any atom is 0.328 e. The molecule has 0 spiro atoms. The molecule has 24 heavy (non-hydrogen) atoms. The average molecular weight is 334 g/mol. The van der Waals surface area contributed by atoms with Crippen molar-refractivity contribution in [1.29, 1.82) is 0 Å². The Morgan fingerprint density at radius 1 is 1.12 bits per heavy atom. The van der Waals surface area contributed by atoms with Gasteiger partial charge in [0.2, 0.25) is 0 Å². The summed E-state index contributed by atoms with van der Waals surface area (Å²) in [6.07, 6.45) is 2.38. The molecule has 1 unspecified atom stereocenters. The van der Waals surface area contributed by atoms with E-state index in [2.05, 4.69) is 31.4 Å². The van der Waals surface area contributed by atoms with Crippen LogP contribution in [0.25, 0.3) is 0 Å². The van der Waals surface area contributed by atoms with E-state index in [-0.39, 0.29) is 11.4 Å². The fourth-order valence-corrected chi connectivity index (χ4v) is 2.28. The number of hydrogen-bond acceptors (Lipinski definition) is 3. The molecule has 0 saturated heterocycles. The number of nitrogens with one attached hydrogen (secondary N) is 2. The van der Waals surface area contributed by atoms with Crippen LogP contribution in [-0.4, -0.2) is 24.6 Å². The van der Waals surface area contributed by atoms with Crippen LogP contribution in [0, 0.1) is 0 Å². The molecular weight excluding hydrogens is 304 g/mol. The van der Waals surface area contributed by atoms with E-state index in [1.807, 2.05) is 31.2 Å². The Kier molecular flexibility index (Phi) is 7.75. The van der Waals surface area contributed by atoms with Crippen LogP contribution in [0.4, 0.5) is 10.5 Å². The lowest BCUT2D eigenvalue weighted by Crippen LogP contribution is -2.43. The summed E-state index contributed by atoms with van der Waals surface area (Å²) < 4.78 is 5.02. The van der Waals surface area contributed by atoms with Gasteiger partial charge in [-0.2, -0.15) is 0 Å². The Labute approximate surface area is 145 Å². The molecule has 2 N–H and O–H groups in total. The lowest BCUT2D eigenvalue weighted by molar-refractivity contribution is -0.145. The third-order valence-electron chi connectivity index (χ3n) is 3.73. The third-order valence-corrected chi connectivity index (χ3v) is 3.73. The number of ether oxygens (including phenoxy) is 1. The zero-order valence-corrected chi connectivity index (χ0v) is 15.4. The van der Waals surface area contributed by atoms with Gasteiger partial charge in [0, 0.05) is 5.69 Å². The van der Waals surface area contributed by atoms with Gasteiger partial charge in [0.25, 0.3) is 0 Å². The second-order valence-corrected chi connectivity index (χ2v) is 6.87. The Balaban J connectivity index is 2.66. The predicted molar refractivity (Wildman–Crippen MR) is 97.2 cm³/mol. The molecule has 0 aliphatic heterocycles. The van der Waals surface area contributed by atoms with Crippen LogP contribution in [-0.2, 0) is 14.9 Å². The summed E-state index contributed by atoms with van der Waals surface area (Å²) in [4.78, 5) is 24.1. The molecule has 2 amide bonds. The minimum Gasteiger partial charge on any atom is -0.464 e. The standard InChI is InChI=1S/C19H30N2O3/c1-6-8-9-16(17(22)24-7-2)21-18(23)20-15-12-10-14(11-13-15)19(3,4)5/h10-13,16H,6-9H2,1-5H3,(H2,20,21,23). The van der Waals surface area contributed by atoms with E-state index < -0.39 is 12.1 Å². The van der Waals surface area contributed by atoms with Crippen molar-refractivity contribution in [2.45, 2.75) is 65.3 Å². The van der Waals surface area contributed by atoms with Gasteiger partial charge >= 0.3 is 12.0 Å². The predicted octanol–water partition coefficient (Wildman–Crippen LogP) is 4.23. The Morgan fingerprint density at radius 2 is 1.75 bits per heavy atom. The summed E-state index contributed by atoms with van der Waals surface area (Å²) >= 11 is 0. The minimum absolute atomic E-state index is 0.0654. The molecule has 0 aliphatic carbocycles. The fourth-order valence-electron chi connectivity index (χ4n) is 2.28. The minimum atomic E-state index is -0.612. The highest BCUT2D eigenvalue weighted by atomic mass is 16.5. The van der Waals surface area contributed by atoms with Gasteiger partial charge in [-0.05, 0) is 36.5 Å². The zero-order valence-electron chi connectivity index (χ0n) is 15.4. The first-order valence-corrected chi connectivity index (χ1v) is 8.62. The SMILES string of the molecule is CCCCC(NC(=O)Nc1ccc(C(C)(C)C)cc1)C(=O)OCC. The molecule has 0 heterocycles. The molecule has 0 bridgehead atoms. The highest BCUT2D eigenvalue weighted by molar-refractivity contribution is 5.92. The maximum absolute atomic E-state index is 12.1. The number of rotatable bonds is 7. The molecule has 0 saturated carbocycles. The quantitative estimate of drug-likeness (QED) is 0.733. The van der Waals surface area contributed by atoms with Gasteiger partial charge in [0.1, 0.15) is 6.04 Å². The number of carbonyl (C=O) groups excluding carboxylic acids is 2. The van der Waals surface area contributed by atoms with Crippen LogP contribution in [0.15, 0.2) is 24.3 Å². The lowest BCUT2D eigenvalue weighted by Gasteiger charge is -2.20. The third kappa shape index (κ3) is 6.60. The number of hydrogen-bond donors (Lipinski definition) is 2. The van der Waals surface area contributed by atoms with Crippen LogP contribution >= 0.6 is 0 Å². The van der Waals surface area contributed by atoms with E-state index in [4.69, 9.17) is 4.74 Å². The molecule has 0 aliphatic rings. The molecule has 5 nitrogen and oxygen atoms in total. The van der Waals surface area contributed by atoms with E-state index in [9.17, 15) is 9.59 Å². The number of amides is 2. The van der Waals surface area contributed by atoms with Gasteiger partial charge in [0.15, 0.2) is 0 Å². The molecule has 0 aromatic heterocycles. The van der Waals surface area contributed by atoms with Gasteiger partial charge in [-0.25, -0.2) is 9.59 Å². The highest BCUT2D eigenvalue weighted by Gasteiger charge is 2.21. The van der Waals surface area contributed by atoms with Crippen LogP contribution in [0.2, 0.25) is 0 Å². The maximum atomic E-state index is 12.1. The summed E-state index contributed by atoms with van der Waals surface area (Å²) in [6.45, 7) is 10.5. The highest BCUT2D eigenvalue weighted by Crippen LogP contribution is 2.23.